The number of methoxy groups -OCH3 is 1. The molecule has 1 aromatic rings. The number of hydrogen-bond acceptors (Lipinski definition) is 5. The molecule has 138 valence electrons. The van der Waals surface area contributed by atoms with Crippen LogP contribution < -0.4 is 9.47 Å². The Balaban J connectivity index is 1.47. The average Bonchev–Trinajstić information content (AvgIpc) is 2.94. The highest BCUT2D eigenvalue weighted by Gasteiger charge is 2.32. The standard InChI is InChI=1S/C18H25NO5S/c1-23-16-4-2-3-5-17(16)24-15-6-9-19(10-7-15)18(20)12-14-8-11-25(21,22)13-14/h2-5,14-15H,6-13H2,1H3/t14-/m0/s1. The van der Waals surface area contributed by atoms with Crippen molar-refractivity contribution < 1.29 is 22.7 Å². The molecule has 0 N–H and O–H groups in total. The van der Waals surface area contributed by atoms with E-state index in [1.54, 1.807) is 7.11 Å². The van der Waals surface area contributed by atoms with Crippen molar-refractivity contribution >= 4 is 15.7 Å². The van der Waals surface area contributed by atoms with Gasteiger partial charge in [-0.1, -0.05) is 12.1 Å². The first-order valence-electron chi connectivity index (χ1n) is 8.75. The Labute approximate surface area is 149 Å². The van der Waals surface area contributed by atoms with Crippen LogP contribution in [-0.4, -0.2) is 57.0 Å². The SMILES string of the molecule is COc1ccccc1OC1CCN(C(=O)C[C@@H]2CCS(=O)(=O)C2)CC1. The molecule has 0 saturated carbocycles. The molecule has 6 nitrogen and oxygen atoms in total. The number of nitrogens with zero attached hydrogens (tertiary/aromatic N) is 1. The number of para-hydroxylation sites is 2. The molecular formula is C18H25NO5S. The molecule has 2 fully saturated rings. The fourth-order valence-corrected chi connectivity index (χ4v) is 5.39. The highest BCUT2D eigenvalue weighted by Crippen LogP contribution is 2.29. The number of ether oxygens (including phenoxy) is 2. The summed E-state index contributed by atoms with van der Waals surface area (Å²) in [4.78, 5) is 14.2. The molecule has 0 spiro atoms. The minimum absolute atomic E-state index is 0.0138. The number of benzene rings is 1. The minimum atomic E-state index is -2.92. The summed E-state index contributed by atoms with van der Waals surface area (Å²) < 4.78 is 34.4. The van der Waals surface area contributed by atoms with Crippen molar-refractivity contribution in [1.29, 1.82) is 0 Å². The van der Waals surface area contributed by atoms with Gasteiger partial charge < -0.3 is 14.4 Å². The van der Waals surface area contributed by atoms with Gasteiger partial charge >= 0.3 is 0 Å². The molecule has 0 aliphatic carbocycles. The third kappa shape index (κ3) is 4.66. The molecule has 3 rings (SSSR count). The Morgan fingerprint density at radius 2 is 1.84 bits per heavy atom. The number of amides is 1. The zero-order valence-electron chi connectivity index (χ0n) is 14.5. The highest BCUT2D eigenvalue weighted by atomic mass is 32.2. The number of carbonyl (C=O) groups excluding carboxylic acids is 1. The van der Waals surface area contributed by atoms with E-state index in [0.29, 0.717) is 31.7 Å². The van der Waals surface area contributed by atoms with Crippen LogP contribution in [0.5, 0.6) is 11.5 Å². The second-order valence-electron chi connectivity index (χ2n) is 6.82. The lowest BCUT2D eigenvalue weighted by Gasteiger charge is -2.33. The molecule has 0 radical (unpaired) electrons. The van der Waals surface area contributed by atoms with Crippen molar-refractivity contribution in [1.82, 2.24) is 4.90 Å². The summed E-state index contributed by atoms with van der Waals surface area (Å²) in [5.74, 6) is 1.87. The van der Waals surface area contributed by atoms with Crippen LogP contribution >= 0.6 is 0 Å². The number of sulfone groups is 1. The predicted molar refractivity (Wildman–Crippen MR) is 94.6 cm³/mol. The predicted octanol–water partition coefficient (Wildman–Crippen LogP) is 1.89. The van der Waals surface area contributed by atoms with Crippen LogP contribution in [0.2, 0.25) is 0 Å². The van der Waals surface area contributed by atoms with Gasteiger partial charge in [0.05, 0.1) is 18.6 Å². The van der Waals surface area contributed by atoms with Gasteiger partial charge in [0.15, 0.2) is 21.3 Å². The van der Waals surface area contributed by atoms with E-state index in [1.807, 2.05) is 29.2 Å². The zero-order valence-corrected chi connectivity index (χ0v) is 15.3. The van der Waals surface area contributed by atoms with Crippen molar-refractivity contribution in [2.24, 2.45) is 5.92 Å². The molecule has 25 heavy (non-hydrogen) atoms. The first-order chi connectivity index (χ1) is 12.0. The first-order valence-corrected chi connectivity index (χ1v) is 10.6. The lowest BCUT2D eigenvalue weighted by molar-refractivity contribution is -0.133. The topological polar surface area (TPSA) is 72.9 Å². The molecule has 0 unspecified atom stereocenters. The second kappa shape index (κ2) is 7.64. The summed E-state index contributed by atoms with van der Waals surface area (Å²) in [7, 11) is -1.31. The van der Waals surface area contributed by atoms with E-state index in [0.717, 1.165) is 18.6 Å². The smallest absolute Gasteiger partial charge is 0.222 e. The minimum Gasteiger partial charge on any atom is -0.493 e. The Morgan fingerprint density at radius 1 is 1.16 bits per heavy atom. The molecule has 2 aliphatic rings. The highest BCUT2D eigenvalue weighted by molar-refractivity contribution is 7.91. The third-order valence-electron chi connectivity index (χ3n) is 4.95. The van der Waals surface area contributed by atoms with Gasteiger partial charge in [-0.3, -0.25) is 4.79 Å². The van der Waals surface area contributed by atoms with Crippen LogP contribution in [0, 0.1) is 5.92 Å². The Morgan fingerprint density at radius 3 is 2.44 bits per heavy atom. The van der Waals surface area contributed by atoms with E-state index < -0.39 is 9.84 Å². The number of likely N-dealkylation sites (tertiary alicyclic amines) is 1. The number of carbonyl (C=O) groups is 1. The Kier molecular flexibility index (Phi) is 5.51. The van der Waals surface area contributed by atoms with Crippen molar-refractivity contribution in [3.8, 4) is 11.5 Å². The lowest BCUT2D eigenvalue weighted by Crippen LogP contribution is -2.42. The molecule has 1 amide bonds. The van der Waals surface area contributed by atoms with Crippen LogP contribution in [0.4, 0.5) is 0 Å². The summed E-state index contributed by atoms with van der Waals surface area (Å²) in [6.45, 7) is 1.30. The van der Waals surface area contributed by atoms with Gasteiger partial charge in [-0.25, -0.2) is 8.42 Å². The third-order valence-corrected chi connectivity index (χ3v) is 6.78. The van der Waals surface area contributed by atoms with Gasteiger partial charge in [-0.05, 0) is 24.5 Å². The average molecular weight is 367 g/mol. The van der Waals surface area contributed by atoms with E-state index in [4.69, 9.17) is 9.47 Å². The van der Waals surface area contributed by atoms with Gasteiger partial charge in [0.25, 0.3) is 0 Å². The molecule has 2 saturated heterocycles. The normalized spacial score (nSPS) is 23.4. The lowest BCUT2D eigenvalue weighted by atomic mass is 10.0. The van der Waals surface area contributed by atoms with Crippen molar-refractivity contribution in [3.63, 3.8) is 0 Å². The maximum Gasteiger partial charge on any atom is 0.222 e. The van der Waals surface area contributed by atoms with E-state index in [1.165, 1.54) is 0 Å². The van der Waals surface area contributed by atoms with E-state index >= 15 is 0 Å². The maximum absolute atomic E-state index is 12.4. The number of hydrogen-bond donors (Lipinski definition) is 0. The fraction of sp³-hybridized carbons (Fsp3) is 0.611. The van der Waals surface area contributed by atoms with Gasteiger partial charge in [0.2, 0.25) is 5.91 Å². The van der Waals surface area contributed by atoms with Crippen molar-refractivity contribution in [2.45, 2.75) is 31.8 Å². The monoisotopic (exact) mass is 367 g/mol. The van der Waals surface area contributed by atoms with Gasteiger partial charge in [0, 0.05) is 32.4 Å². The molecule has 0 bridgehead atoms. The quantitative estimate of drug-likeness (QED) is 0.795. The molecule has 2 aliphatic heterocycles. The molecule has 1 aromatic carbocycles. The fourth-order valence-electron chi connectivity index (χ4n) is 3.53. The molecule has 1 atom stereocenters. The molecule has 0 aromatic heterocycles. The van der Waals surface area contributed by atoms with Gasteiger partial charge in [0.1, 0.15) is 6.10 Å². The summed E-state index contributed by atoms with van der Waals surface area (Å²) in [6, 6.07) is 7.56. The van der Waals surface area contributed by atoms with E-state index in [-0.39, 0.29) is 29.4 Å². The second-order valence-corrected chi connectivity index (χ2v) is 9.05. The van der Waals surface area contributed by atoms with E-state index in [2.05, 4.69) is 0 Å². The zero-order chi connectivity index (χ0) is 17.9. The largest absolute Gasteiger partial charge is 0.493 e. The van der Waals surface area contributed by atoms with E-state index in [9.17, 15) is 13.2 Å². The molecular weight excluding hydrogens is 342 g/mol. The Hall–Kier alpha value is -1.76. The molecule has 7 heteroatoms. The van der Waals surface area contributed by atoms with Crippen LogP contribution in [-0.2, 0) is 14.6 Å². The van der Waals surface area contributed by atoms with Crippen LogP contribution in [0.25, 0.3) is 0 Å². The van der Waals surface area contributed by atoms with Crippen LogP contribution in [0.15, 0.2) is 24.3 Å². The number of piperidine rings is 1. The maximum atomic E-state index is 12.4. The first kappa shape index (κ1) is 18.0. The molecule has 2 heterocycles. The summed E-state index contributed by atoms with van der Waals surface area (Å²) >= 11 is 0. The summed E-state index contributed by atoms with van der Waals surface area (Å²) in [6.07, 6.45) is 2.56. The van der Waals surface area contributed by atoms with Gasteiger partial charge in [-0.2, -0.15) is 0 Å². The summed E-state index contributed by atoms with van der Waals surface area (Å²) in [5.41, 5.74) is 0. The van der Waals surface area contributed by atoms with Gasteiger partial charge in [-0.15, -0.1) is 0 Å². The van der Waals surface area contributed by atoms with Crippen LogP contribution in [0.3, 0.4) is 0 Å². The summed E-state index contributed by atoms with van der Waals surface area (Å²) in [5, 5.41) is 0. The Bertz CT molecular complexity index is 710. The van der Waals surface area contributed by atoms with Crippen molar-refractivity contribution in [2.75, 3.05) is 31.7 Å². The number of rotatable bonds is 5. The van der Waals surface area contributed by atoms with Crippen LogP contribution in [0.1, 0.15) is 25.7 Å². The van der Waals surface area contributed by atoms with Crippen molar-refractivity contribution in [3.05, 3.63) is 24.3 Å².